The van der Waals surface area contributed by atoms with Crippen molar-refractivity contribution in [3.63, 3.8) is 0 Å². The molecule has 2 nitrogen and oxygen atoms in total. The van der Waals surface area contributed by atoms with E-state index >= 15 is 0 Å². The Bertz CT molecular complexity index is 654. The molecule has 3 aromatic carbocycles. The third-order valence-corrected chi connectivity index (χ3v) is 3.62. The van der Waals surface area contributed by atoms with Gasteiger partial charge in [0.05, 0.1) is 6.61 Å². The lowest BCUT2D eigenvalue weighted by molar-refractivity contribution is -0.188. The average Bonchev–Trinajstić information content (AvgIpc) is 2.62. The van der Waals surface area contributed by atoms with Crippen molar-refractivity contribution in [1.82, 2.24) is 0 Å². The van der Waals surface area contributed by atoms with E-state index < -0.39 is 5.79 Å². The van der Waals surface area contributed by atoms with Crippen LogP contribution in [0.4, 0.5) is 0 Å². The van der Waals surface area contributed by atoms with Crippen LogP contribution in [0.1, 0.15) is 16.7 Å². The van der Waals surface area contributed by atoms with E-state index in [9.17, 15) is 5.11 Å². The normalized spacial score (nSPS) is 11.3. The third-order valence-electron chi connectivity index (χ3n) is 3.62. The van der Waals surface area contributed by atoms with E-state index in [4.69, 9.17) is 4.74 Å². The van der Waals surface area contributed by atoms with Crippen molar-refractivity contribution in [2.24, 2.45) is 0 Å². The minimum Gasteiger partial charge on any atom is -0.358 e. The number of benzene rings is 3. The summed E-state index contributed by atoms with van der Waals surface area (Å²) in [4.78, 5) is 0. The van der Waals surface area contributed by atoms with E-state index in [2.05, 4.69) is 0 Å². The van der Waals surface area contributed by atoms with Crippen molar-refractivity contribution < 1.29 is 9.84 Å². The van der Waals surface area contributed by atoms with E-state index in [1.807, 2.05) is 91.0 Å². The van der Waals surface area contributed by atoms with Crippen LogP contribution >= 0.6 is 0 Å². The van der Waals surface area contributed by atoms with Crippen LogP contribution in [-0.2, 0) is 17.1 Å². The molecule has 2 heteroatoms. The van der Waals surface area contributed by atoms with Gasteiger partial charge in [-0.25, -0.2) is 0 Å². The summed E-state index contributed by atoms with van der Waals surface area (Å²) in [5.74, 6) is -1.46. The molecule has 0 bridgehead atoms. The summed E-state index contributed by atoms with van der Waals surface area (Å²) in [5.41, 5.74) is 2.46. The molecule has 0 radical (unpaired) electrons. The molecule has 0 aliphatic carbocycles. The SMILES string of the molecule is OC(OCc1ccccc1)(c1ccccc1)c1ccccc1. The molecular formula is C20H18O2. The number of hydrogen-bond donors (Lipinski definition) is 1. The fraction of sp³-hybridized carbons (Fsp3) is 0.100. The summed E-state index contributed by atoms with van der Waals surface area (Å²) in [6.07, 6.45) is 0. The highest BCUT2D eigenvalue weighted by molar-refractivity contribution is 5.33. The first-order valence-corrected chi connectivity index (χ1v) is 7.30. The number of aliphatic hydroxyl groups is 1. The van der Waals surface area contributed by atoms with Gasteiger partial charge in [0.1, 0.15) is 0 Å². The third kappa shape index (κ3) is 3.08. The van der Waals surface area contributed by atoms with E-state index in [0.29, 0.717) is 6.61 Å². The van der Waals surface area contributed by atoms with E-state index in [1.165, 1.54) is 0 Å². The minimum atomic E-state index is -1.46. The molecule has 3 aromatic rings. The van der Waals surface area contributed by atoms with Crippen molar-refractivity contribution in [3.05, 3.63) is 108 Å². The van der Waals surface area contributed by atoms with Gasteiger partial charge in [-0.05, 0) is 5.56 Å². The van der Waals surface area contributed by atoms with Crippen molar-refractivity contribution in [1.29, 1.82) is 0 Å². The molecule has 0 aliphatic rings. The van der Waals surface area contributed by atoms with Crippen molar-refractivity contribution in [2.75, 3.05) is 0 Å². The molecule has 0 spiro atoms. The second-order valence-corrected chi connectivity index (χ2v) is 5.15. The zero-order valence-electron chi connectivity index (χ0n) is 12.2. The quantitative estimate of drug-likeness (QED) is 0.717. The fourth-order valence-electron chi connectivity index (χ4n) is 2.42. The standard InChI is InChI=1S/C20H18O2/c21-20(18-12-6-2-7-13-18,19-14-8-3-9-15-19)22-16-17-10-4-1-5-11-17/h1-15,21H,16H2. The summed E-state index contributed by atoms with van der Waals surface area (Å²) in [6.45, 7) is 0.334. The molecule has 0 amide bonds. The van der Waals surface area contributed by atoms with Crippen molar-refractivity contribution in [3.8, 4) is 0 Å². The Morgan fingerprint density at radius 1 is 0.636 bits per heavy atom. The lowest BCUT2D eigenvalue weighted by Gasteiger charge is -2.29. The largest absolute Gasteiger partial charge is 0.358 e. The first kappa shape index (κ1) is 14.5. The maximum Gasteiger partial charge on any atom is 0.220 e. The second kappa shape index (κ2) is 6.56. The topological polar surface area (TPSA) is 29.5 Å². The van der Waals surface area contributed by atoms with Crippen LogP contribution in [0.5, 0.6) is 0 Å². The van der Waals surface area contributed by atoms with E-state index in [1.54, 1.807) is 0 Å². The Labute approximate surface area is 130 Å². The summed E-state index contributed by atoms with van der Waals surface area (Å²) < 4.78 is 5.94. The summed E-state index contributed by atoms with van der Waals surface area (Å²) in [7, 11) is 0. The van der Waals surface area contributed by atoms with Crippen LogP contribution in [0, 0.1) is 0 Å². The van der Waals surface area contributed by atoms with Gasteiger partial charge in [0.25, 0.3) is 0 Å². The van der Waals surface area contributed by atoms with Crippen molar-refractivity contribution in [2.45, 2.75) is 12.4 Å². The highest BCUT2D eigenvalue weighted by Crippen LogP contribution is 2.31. The lowest BCUT2D eigenvalue weighted by atomic mass is 9.97. The molecule has 1 N–H and O–H groups in total. The summed E-state index contributed by atoms with van der Waals surface area (Å²) in [5, 5.41) is 11.2. The zero-order valence-corrected chi connectivity index (χ0v) is 12.2. The molecule has 0 aliphatic heterocycles. The fourth-order valence-corrected chi connectivity index (χ4v) is 2.42. The summed E-state index contributed by atoms with van der Waals surface area (Å²) in [6, 6.07) is 28.8. The molecule has 0 saturated heterocycles. The molecule has 0 unspecified atom stereocenters. The Hall–Kier alpha value is -2.42. The average molecular weight is 290 g/mol. The Morgan fingerprint density at radius 2 is 1.05 bits per heavy atom. The van der Waals surface area contributed by atoms with Gasteiger partial charge in [-0.3, -0.25) is 0 Å². The number of hydrogen-bond acceptors (Lipinski definition) is 2. The van der Waals surface area contributed by atoms with E-state index in [0.717, 1.165) is 16.7 Å². The molecule has 0 heterocycles. The van der Waals surface area contributed by atoms with Gasteiger partial charge in [0.2, 0.25) is 5.79 Å². The van der Waals surface area contributed by atoms with Crippen LogP contribution in [0.25, 0.3) is 0 Å². The van der Waals surface area contributed by atoms with Crippen LogP contribution in [-0.4, -0.2) is 5.11 Å². The Balaban J connectivity index is 1.93. The molecule has 0 atom stereocenters. The molecule has 0 saturated carbocycles. The van der Waals surface area contributed by atoms with Crippen LogP contribution in [0.15, 0.2) is 91.0 Å². The van der Waals surface area contributed by atoms with Gasteiger partial charge < -0.3 is 9.84 Å². The van der Waals surface area contributed by atoms with Crippen LogP contribution < -0.4 is 0 Å². The molecule has 22 heavy (non-hydrogen) atoms. The first-order valence-electron chi connectivity index (χ1n) is 7.30. The second-order valence-electron chi connectivity index (χ2n) is 5.15. The highest BCUT2D eigenvalue weighted by Gasteiger charge is 2.32. The maximum atomic E-state index is 11.2. The van der Waals surface area contributed by atoms with Gasteiger partial charge in [-0.2, -0.15) is 0 Å². The lowest BCUT2D eigenvalue weighted by Crippen LogP contribution is -2.30. The first-order chi connectivity index (χ1) is 10.8. The number of ether oxygens (including phenoxy) is 1. The molecule has 3 rings (SSSR count). The van der Waals surface area contributed by atoms with Crippen LogP contribution in [0.2, 0.25) is 0 Å². The zero-order chi connectivity index (χ0) is 15.3. The van der Waals surface area contributed by atoms with E-state index in [-0.39, 0.29) is 0 Å². The van der Waals surface area contributed by atoms with Gasteiger partial charge in [-0.1, -0.05) is 91.0 Å². The molecular weight excluding hydrogens is 272 g/mol. The Morgan fingerprint density at radius 3 is 1.50 bits per heavy atom. The van der Waals surface area contributed by atoms with Gasteiger partial charge >= 0.3 is 0 Å². The number of rotatable bonds is 5. The summed E-state index contributed by atoms with van der Waals surface area (Å²) >= 11 is 0. The maximum absolute atomic E-state index is 11.2. The van der Waals surface area contributed by atoms with Crippen molar-refractivity contribution >= 4 is 0 Å². The van der Waals surface area contributed by atoms with Gasteiger partial charge in [-0.15, -0.1) is 0 Å². The molecule has 0 aromatic heterocycles. The van der Waals surface area contributed by atoms with Crippen LogP contribution in [0.3, 0.4) is 0 Å². The monoisotopic (exact) mass is 290 g/mol. The highest BCUT2D eigenvalue weighted by atomic mass is 16.6. The minimum absolute atomic E-state index is 0.334. The smallest absolute Gasteiger partial charge is 0.220 e. The Kier molecular flexibility index (Phi) is 4.33. The molecule has 0 fully saturated rings. The predicted octanol–water partition coefficient (Wildman–Crippen LogP) is 4.10. The van der Waals surface area contributed by atoms with Gasteiger partial charge in [0, 0.05) is 11.1 Å². The predicted molar refractivity (Wildman–Crippen MR) is 87.1 cm³/mol. The molecule has 110 valence electrons. The van der Waals surface area contributed by atoms with Gasteiger partial charge in [0.15, 0.2) is 0 Å².